The Bertz CT molecular complexity index is 221. The molecule has 0 radical (unpaired) electrons. The number of hydrogen-bond acceptors (Lipinski definition) is 5. The van der Waals surface area contributed by atoms with Crippen LogP contribution in [0.4, 0.5) is 11.4 Å². The molecule has 1 aromatic heterocycles. The third-order valence-corrected chi connectivity index (χ3v) is 1.05. The van der Waals surface area contributed by atoms with Crippen LogP contribution in [0.15, 0.2) is 6.20 Å². The second-order valence-corrected chi connectivity index (χ2v) is 1.67. The number of nitrogens with one attached hydrogen (secondary N) is 1. The molecule has 0 aliphatic carbocycles. The molecule has 0 saturated heterocycles. The van der Waals surface area contributed by atoms with E-state index in [-0.39, 0.29) is 11.6 Å². The third-order valence-electron chi connectivity index (χ3n) is 1.05. The summed E-state index contributed by atoms with van der Waals surface area (Å²) < 4.78 is 0. The summed E-state index contributed by atoms with van der Waals surface area (Å²) in [5.74, 6) is 4.81. The first kappa shape index (κ1) is 6.72. The van der Waals surface area contributed by atoms with Crippen LogP contribution in [0.2, 0.25) is 0 Å². The smallest absolute Gasteiger partial charge is 0.261 e. The van der Waals surface area contributed by atoms with Crippen LogP contribution in [-0.2, 0) is 4.99 Å². The minimum Gasteiger partial charge on any atom is -0.396 e. The topological polar surface area (TPSA) is 112 Å². The largest absolute Gasteiger partial charge is 0.396 e. The van der Waals surface area contributed by atoms with Crippen LogP contribution in [-0.4, -0.2) is 4.98 Å². The molecular weight excluding hydrogens is 136 g/mol. The minimum atomic E-state index is 0.208. The molecule has 7 N–H and O–H groups in total. The van der Waals surface area contributed by atoms with Crippen LogP contribution in [0.5, 0.6) is 5.88 Å². The standard InChI is InChI=1S/C4H8N4O2/c5-2-1-8-4(3(2)6)9-10-7/h1,8H,5-7H2. The Morgan fingerprint density at radius 3 is 2.50 bits per heavy atom. The van der Waals surface area contributed by atoms with Gasteiger partial charge in [0, 0.05) is 6.20 Å². The van der Waals surface area contributed by atoms with Crippen molar-refractivity contribution >= 4 is 11.4 Å². The summed E-state index contributed by atoms with van der Waals surface area (Å²) in [6, 6.07) is 0. The van der Waals surface area contributed by atoms with Gasteiger partial charge in [-0.05, 0) is 0 Å². The van der Waals surface area contributed by atoms with Crippen LogP contribution in [0.3, 0.4) is 0 Å². The molecule has 0 unspecified atom stereocenters. The van der Waals surface area contributed by atoms with Crippen molar-refractivity contribution in [3.63, 3.8) is 0 Å². The van der Waals surface area contributed by atoms with Gasteiger partial charge in [-0.3, -0.25) is 4.89 Å². The number of anilines is 2. The van der Waals surface area contributed by atoms with E-state index in [9.17, 15) is 0 Å². The molecule has 0 aliphatic heterocycles. The van der Waals surface area contributed by atoms with Gasteiger partial charge >= 0.3 is 0 Å². The summed E-state index contributed by atoms with van der Waals surface area (Å²) >= 11 is 0. The first-order valence-corrected chi connectivity index (χ1v) is 2.51. The van der Waals surface area contributed by atoms with E-state index < -0.39 is 0 Å². The molecule has 6 heteroatoms. The van der Waals surface area contributed by atoms with Gasteiger partial charge in [0.1, 0.15) is 5.69 Å². The maximum absolute atomic E-state index is 5.37. The Morgan fingerprint density at radius 1 is 1.40 bits per heavy atom. The van der Waals surface area contributed by atoms with Gasteiger partial charge in [0.25, 0.3) is 5.88 Å². The molecule has 0 saturated carbocycles. The van der Waals surface area contributed by atoms with Gasteiger partial charge < -0.3 is 16.5 Å². The molecule has 0 spiro atoms. The zero-order valence-corrected chi connectivity index (χ0v) is 5.13. The molecule has 0 aromatic carbocycles. The van der Waals surface area contributed by atoms with E-state index in [1.807, 2.05) is 0 Å². The minimum absolute atomic E-state index is 0.208. The second kappa shape index (κ2) is 2.46. The van der Waals surface area contributed by atoms with Gasteiger partial charge in [0.05, 0.1) is 5.69 Å². The molecule has 10 heavy (non-hydrogen) atoms. The summed E-state index contributed by atoms with van der Waals surface area (Å²) in [5.41, 5.74) is 11.4. The number of aromatic nitrogens is 1. The molecule has 0 bridgehead atoms. The average Bonchev–Trinajstić information content (AvgIpc) is 2.20. The Balaban J connectivity index is 2.83. The monoisotopic (exact) mass is 144 g/mol. The molecule has 1 aromatic rings. The Hall–Kier alpha value is -1.40. The zero-order chi connectivity index (χ0) is 7.56. The number of aromatic amines is 1. The second-order valence-electron chi connectivity index (χ2n) is 1.67. The number of H-pyrrole nitrogens is 1. The Labute approximate surface area is 56.8 Å². The van der Waals surface area contributed by atoms with Crippen molar-refractivity contribution in [2.45, 2.75) is 0 Å². The lowest BCUT2D eigenvalue weighted by atomic mass is 10.5. The van der Waals surface area contributed by atoms with Crippen molar-refractivity contribution in [1.29, 1.82) is 0 Å². The van der Waals surface area contributed by atoms with Gasteiger partial charge in [-0.2, -0.15) is 5.90 Å². The molecule has 1 rings (SSSR count). The van der Waals surface area contributed by atoms with Crippen LogP contribution >= 0.6 is 0 Å². The number of nitrogens with two attached hydrogens (primary N) is 3. The molecular formula is C4H8N4O2. The van der Waals surface area contributed by atoms with Crippen LogP contribution in [0.1, 0.15) is 0 Å². The van der Waals surface area contributed by atoms with Crippen molar-refractivity contribution in [3.8, 4) is 5.88 Å². The van der Waals surface area contributed by atoms with Crippen LogP contribution in [0.25, 0.3) is 0 Å². The average molecular weight is 144 g/mol. The van der Waals surface area contributed by atoms with Crippen LogP contribution in [0, 0.1) is 0 Å². The highest BCUT2D eigenvalue weighted by molar-refractivity contribution is 5.68. The van der Waals surface area contributed by atoms with E-state index >= 15 is 0 Å². The van der Waals surface area contributed by atoms with Crippen LogP contribution < -0.4 is 22.3 Å². The normalized spacial score (nSPS) is 9.70. The Morgan fingerprint density at radius 2 is 2.10 bits per heavy atom. The maximum atomic E-state index is 5.37. The van der Waals surface area contributed by atoms with E-state index in [0.29, 0.717) is 5.69 Å². The molecule has 0 aliphatic rings. The van der Waals surface area contributed by atoms with Gasteiger partial charge in [-0.25, -0.2) is 0 Å². The lowest BCUT2D eigenvalue weighted by Gasteiger charge is -1.96. The van der Waals surface area contributed by atoms with E-state index in [0.717, 1.165) is 0 Å². The van der Waals surface area contributed by atoms with E-state index in [1.54, 1.807) is 0 Å². The number of rotatable bonds is 2. The number of nitrogen functional groups attached to an aromatic ring is 2. The fourth-order valence-corrected chi connectivity index (χ4v) is 0.547. The van der Waals surface area contributed by atoms with Crippen molar-refractivity contribution in [1.82, 2.24) is 4.98 Å². The van der Waals surface area contributed by atoms with Crippen molar-refractivity contribution in [2.75, 3.05) is 11.5 Å². The van der Waals surface area contributed by atoms with E-state index in [1.165, 1.54) is 6.20 Å². The highest BCUT2D eigenvalue weighted by Crippen LogP contribution is 2.25. The quantitative estimate of drug-likeness (QED) is 0.326. The van der Waals surface area contributed by atoms with Crippen molar-refractivity contribution < 1.29 is 9.88 Å². The maximum Gasteiger partial charge on any atom is 0.261 e. The summed E-state index contributed by atoms with van der Waals surface area (Å²) in [4.78, 5) is 10.8. The summed E-state index contributed by atoms with van der Waals surface area (Å²) in [6.07, 6.45) is 1.48. The molecule has 0 amide bonds. The summed E-state index contributed by atoms with van der Waals surface area (Å²) in [6.45, 7) is 0. The summed E-state index contributed by atoms with van der Waals surface area (Å²) in [5, 5.41) is 0. The molecule has 56 valence electrons. The fourth-order valence-electron chi connectivity index (χ4n) is 0.547. The molecule has 0 atom stereocenters. The van der Waals surface area contributed by atoms with Gasteiger partial charge in [-0.1, -0.05) is 4.99 Å². The first-order valence-electron chi connectivity index (χ1n) is 2.51. The van der Waals surface area contributed by atoms with Gasteiger partial charge in [-0.15, -0.1) is 0 Å². The number of hydrogen-bond donors (Lipinski definition) is 4. The lowest BCUT2D eigenvalue weighted by Crippen LogP contribution is -2.05. The summed E-state index contributed by atoms with van der Waals surface area (Å²) in [7, 11) is 0. The predicted octanol–water partition coefficient (Wildman–Crippen LogP) is -0.637. The molecule has 6 nitrogen and oxygen atoms in total. The van der Waals surface area contributed by atoms with Gasteiger partial charge in [0.15, 0.2) is 0 Å². The Kier molecular flexibility index (Phi) is 1.65. The highest BCUT2D eigenvalue weighted by Gasteiger charge is 2.05. The highest BCUT2D eigenvalue weighted by atomic mass is 17.3. The van der Waals surface area contributed by atoms with Crippen molar-refractivity contribution in [2.24, 2.45) is 5.90 Å². The lowest BCUT2D eigenvalue weighted by molar-refractivity contribution is -0.213. The van der Waals surface area contributed by atoms with Gasteiger partial charge in [0.2, 0.25) is 0 Å². The zero-order valence-electron chi connectivity index (χ0n) is 5.13. The first-order chi connectivity index (χ1) is 4.75. The van der Waals surface area contributed by atoms with E-state index in [4.69, 9.17) is 11.5 Å². The third kappa shape index (κ3) is 0.971. The SMILES string of the molecule is NOOc1[nH]cc(N)c1N. The molecule has 0 fully saturated rings. The predicted molar refractivity (Wildman–Crippen MR) is 35.5 cm³/mol. The molecule has 1 heterocycles. The van der Waals surface area contributed by atoms with E-state index in [2.05, 4.69) is 20.8 Å². The van der Waals surface area contributed by atoms with Crippen molar-refractivity contribution in [3.05, 3.63) is 6.20 Å². The fraction of sp³-hybridized carbons (Fsp3) is 0.